The lowest BCUT2D eigenvalue weighted by Gasteiger charge is -2.50. The standard InChI is InChI=1S/C11H19NO2/c1-10(2)7-5-6-11(10,3)9(14)12(4)8(7)13/h7-8,13H,5-6H2,1-4H3. The van der Waals surface area contributed by atoms with Crippen molar-refractivity contribution < 1.29 is 9.90 Å². The number of hydrogen-bond acceptors (Lipinski definition) is 2. The molecule has 1 aliphatic carbocycles. The summed E-state index contributed by atoms with van der Waals surface area (Å²) in [5, 5.41) is 9.99. The summed E-state index contributed by atoms with van der Waals surface area (Å²) >= 11 is 0. The van der Waals surface area contributed by atoms with E-state index in [2.05, 4.69) is 13.8 Å². The molecule has 2 bridgehead atoms. The van der Waals surface area contributed by atoms with Crippen molar-refractivity contribution in [3.8, 4) is 0 Å². The highest BCUT2D eigenvalue weighted by Gasteiger charge is 2.63. The van der Waals surface area contributed by atoms with Gasteiger partial charge in [0.25, 0.3) is 0 Å². The highest BCUT2D eigenvalue weighted by Crippen LogP contribution is 2.60. The molecule has 1 saturated carbocycles. The smallest absolute Gasteiger partial charge is 0.230 e. The average molecular weight is 197 g/mol. The van der Waals surface area contributed by atoms with Crippen LogP contribution in [0.4, 0.5) is 0 Å². The van der Waals surface area contributed by atoms with Crippen molar-refractivity contribution >= 4 is 5.91 Å². The van der Waals surface area contributed by atoms with Gasteiger partial charge in [0.1, 0.15) is 6.23 Å². The summed E-state index contributed by atoms with van der Waals surface area (Å²) in [7, 11) is 1.71. The van der Waals surface area contributed by atoms with Gasteiger partial charge in [-0.15, -0.1) is 0 Å². The summed E-state index contributed by atoms with van der Waals surface area (Å²) in [6.45, 7) is 6.26. The lowest BCUT2D eigenvalue weighted by molar-refractivity contribution is -0.177. The van der Waals surface area contributed by atoms with Crippen LogP contribution in [-0.4, -0.2) is 29.2 Å². The Kier molecular flexibility index (Phi) is 1.79. The molecular formula is C11H19NO2. The number of amides is 1. The number of aliphatic hydroxyl groups excluding tert-OH is 1. The molecule has 3 nitrogen and oxygen atoms in total. The van der Waals surface area contributed by atoms with E-state index in [9.17, 15) is 9.90 Å². The Morgan fingerprint density at radius 3 is 2.57 bits per heavy atom. The van der Waals surface area contributed by atoms with Crippen molar-refractivity contribution in [1.29, 1.82) is 0 Å². The highest BCUT2D eigenvalue weighted by molar-refractivity contribution is 5.85. The second-order valence-electron chi connectivity index (χ2n) is 5.53. The fourth-order valence-corrected chi connectivity index (χ4v) is 3.22. The summed E-state index contributed by atoms with van der Waals surface area (Å²) in [5.74, 6) is 0.332. The van der Waals surface area contributed by atoms with Crippen LogP contribution < -0.4 is 0 Å². The van der Waals surface area contributed by atoms with Gasteiger partial charge < -0.3 is 10.0 Å². The van der Waals surface area contributed by atoms with Gasteiger partial charge in [0.2, 0.25) is 5.91 Å². The Bertz CT molecular complexity index is 287. The highest BCUT2D eigenvalue weighted by atomic mass is 16.3. The van der Waals surface area contributed by atoms with Gasteiger partial charge in [0.05, 0.1) is 5.41 Å². The van der Waals surface area contributed by atoms with E-state index in [0.717, 1.165) is 12.8 Å². The van der Waals surface area contributed by atoms with Crippen molar-refractivity contribution in [2.45, 2.75) is 39.8 Å². The zero-order valence-corrected chi connectivity index (χ0v) is 9.37. The summed E-state index contributed by atoms with van der Waals surface area (Å²) in [4.78, 5) is 13.6. The number of carbonyl (C=O) groups excluding carboxylic acids is 1. The maximum absolute atomic E-state index is 12.1. The van der Waals surface area contributed by atoms with Gasteiger partial charge in [-0.05, 0) is 18.3 Å². The zero-order chi connectivity index (χ0) is 10.7. The molecule has 80 valence electrons. The largest absolute Gasteiger partial charge is 0.373 e. The van der Waals surface area contributed by atoms with Crippen LogP contribution in [0.1, 0.15) is 33.6 Å². The Morgan fingerprint density at radius 1 is 1.43 bits per heavy atom. The first kappa shape index (κ1) is 9.97. The molecule has 1 N–H and O–H groups in total. The van der Waals surface area contributed by atoms with Crippen molar-refractivity contribution in [2.24, 2.45) is 16.7 Å². The maximum atomic E-state index is 12.1. The van der Waals surface area contributed by atoms with Gasteiger partial charge in [0.15, 0.2) is 0 Å². The Morgan fingerprint density at radius 2 is 2.00 bits per heavy atom. The van der Waals surface area contributed by atoms with E-state index in [1.165, 1.54) is 4.90 Å². The van der Waals surface area contributed by atoms with Gasteiger partial charge in [-0.2, -0.15) is 0 Å². The van der Waals surface area contributed by atoms with Crippen molar-refractivity contribution in [3.05, 3.63) is 0 Å². The molecule has 2 rings (SSSR count). The second-order valence-corrected chi connectivity index (χ2v) is 5.53. The first-order valence-corrected chi connectivity index (χ1v) is 5.28. The quantitative estimate of drug-likeness (QED) is 0.634. The molecule has 0 aromatic heterocycles. The monoisotopic (exact) mass is 197 g/mol. The van der Waals surface area contributed by atoms with Crippen LogP contribution in [0.5, 0.6) is 0 Å². The summed E-state index contributed by atoms with van der Waals surface area (Å²) < 4.78 is 0. The fraction of sp³-hybridized carbons (Fsp3) is 0.909. The number of rotatable bonds is 0. The summed E-state index contributed by atoms with van der Waals surface area (Å²) in [6.07, 6.45) is 1.28. The molecule has 1 saturated heterocycles. The minimum Gasteiger partial charge on any atom is -0.373 e. The Labute approximate surface area is 85.1 Å². The predicted molar refractivity (Wildman–Crippen MR) is 53.4 cm³/mol. The third kappa shape index (κ3) is 0.842. The molecule has 2 fully saturated rings. The molecule has 0 radical (unpaired) electrons. The van der Waals surface area contributed by atoms with Gasteiger partial charge >= 0.3 is 0 Å². The van der Waals surface area contributed by atoms with Crippen LogP contribution in [0.15, 0.2) is 0 Å². The number of fused-ring (bicyclic) bond motifs is 2. The lowest BCUT2D eigenvalue weighted by Crippen LogP contribution is -2.59. The average Bonchev–Trinajstić information content (AvgIpc) is 2.30. The first-order chi connectivity index (χ1) is 6.32. The molecule has 0 aromatic rings. The molecule has 2 aliphatic rings. The second kappa shape index (κ2) is 2.51. The lowest BCUT2D eigenvalue weighted by atomic mass is 9.62. The topological polar surface area (TPSA) is 40.5 Å². The number of nitrogens with zero attached hydrogens (tertiary/aromatic N) is 1. The fourth-order valence-electron chi connectivity index (χ4n) is 3.22. The van der Waals surface area contributed by atoms with Crippen LogP contribution in [0.25, 0.3) is 0 Å². The van der Waals surface area contributed by atoms with Crippen LogP contribution in [0.3, 0.4) is 0 Å². The molecule has 3 unspecified atom stereocenters. The predicted octanol–water partition coefficient (Wildman–Crippen LogP) is 1.22. The molecule has 14 heavy (non-hydrogen) atoms. The molecule has 0 spiro atoms. The minimum absolute atomic E-state index is 0.0734. The van der Waals surface area contributed by atoms with Gasteiger partial charge in [-0.25, -0.2) is 0 Å². The summed E-state index contributed by atoms with van der Waals surface area (Å²) in [5.41, 5.74) is -0.346. The number of piperidine rings is 1. The van der Waals surface area contributed by atoms with Crippen LogP contribution in [0.2, 0.25) is 0 Å². The van der Waals surface area contributed by atoms with E-state index in [4.69, 9.17) is 0 Å². The van der Waals surface area contributed by atoms with Crippen LogP contribution in [-0.2, 0) is 4.79 Å². The van der Waals surface area contributed by atoms with Gasteiger partial charge in [-0.3, -0.25) is 4.79 Å². The maximum Gasteiger partial charge on any atom is 0.230 e. The van der Waals surface area contributed by atoms with E-state index < -0.39 is 6.23 Å². The Hall–Kier alpha value is -0.570. The van der Waals surface area contributed by atoms with E-state index in [1.54, 1.807) is 7.05 Å². The molecule has 1 amide bonds. The van der Waals surface area contributed by atoms with Crippen LogP contribution >= 0.6 is 0 Å². The molecule has 1 heterocycles. The van der Waals surface area contributed by atoms with Crippen molar-refractivity contribution in [3.63, 3.8) is 0 Å². The van der Waals surface area contributed by atoms with Crippen molar-refractivity contribution in [2.75, 3.05) is 7.05 Å². The Balaban J connectivity index is 2.49. The minimum atomic E-state index is -0.590. The SMILES string of the molecule is CN1C(=O)C2(C)CCC(C1O)C2(C)C. The molecule has 0 aromatic carbocycles. The van der Waals surface area contributed by atoms with E-state index in [1.807, 2.05) is 6.92 Å². The molecule has 3 heteroatoms. The zero-order valence-electron chi connectivity index (χ0n) is 9.37. The van der Waals surface area contributed by atoms with E-state index in [-0.39, 0.29) is 22.7 Å². The third-order valence-corrected chi connectivity index (χ3v) is 4.85. The van der Waals surface area contributed by atoms with Gasteiger partial charge in [0, 0.05) is 13.0 Å². The molecular weight excluding hydrogens is 178 g/mol. The third-order valence-electron chi connectivity index (χ3n) is 4.85. The number of carbonyl (C=O) groups is 1. The normalized spacial score (nSPS) is 45.8. The summed E-state index contributed by atoms with van der Waals surface area (Å²) in [6, 6.07) is 0. The number of aliphatic hydroxyl groups is 1. The molecule has 3 atom stereocenters. The van der Waals surface area contributed by atoms with E-state index in [0.29, 0.717) is 0 Å². The van der Waals surface area contributed by atoms with E-state index >= 15 is 0 Å². The number of hydrogen-bond donors (Lipinski definition) is 1. The van der Waals surface area contributed by atoms with Crippen molar-refractivity contribution in [1.82, 2.24) is 4.90 Å². The molecule has 1 aliphatic heterocycles. The number of likely N-dealkylation sites (tertiary alicyclic amines) is 1. The van der Waals surface area contributed by atoms with Crippen LogP contribution in [0, 0.1) is 16.7 Å². The van der Waals surface area contributed by atoms with Gasteiger partial charge in [-0.1, -0.05) is 20.8 Å². The first-order valence-electron chi connectivity index (χ1n) is 5.28.